The summed E-state index contributed by atoms with van der Waals surface area (Å²) in [6, 6.07) is 8.14. The number of aliphatic hydroxyl groups excluding tert-OH is 1. The fourth-order valence-corrected chi connectivity index (χ4v) is 4.47. The van der Waals surface area contributed by atoms with Crippen molar-refractivity contribution in [3.05, 3.63) is 52.5 Å². The van der Waals surface area contributed by atoms with Gasteiger partial charge < -0.3 is 14.4 Å². The number of fused-ring (bicyclic) bond motifs is 2. The van der Waals surface area contributed by atoms with Gasteiger partial charge in [0.15, 0.2) is 5.76 Å². The maximum absolute atomic E-state index is 13.3. The summed E-state index contributed by atoms with van der Waals surface area (Å²) in [6.07, 6.45) is 1.74. The van der Waals surface area contributed by atoms with E-state index in [2.05, 4.69) is 26.8 Å². The van der Waals surface area contributed by atoms with Gasteiger partial charge in [-0.25, -0.2) is 0 Å². The molecule has 2 aromatic rings. The molecule has 2 aliphatic rings. The van der Waals surface area contributed by atoms with Crippen molar-refractivity contribution in [2.45, 2.75) is 59.1 Å². The molecule has 0 fully saturated rings. The monoisotopic (exact) mass is 339 g/mol. The predicted octanol–water partition coefficient (Wildman–Crippen LogP) is 4.19. The number of benzene rings is 1. The molecule has 1 N–H and O–H groups in total. The van der Waals surface area contributed by atoms with E-state index in [0.29, 0.717) is 12.2 Å². The summed E-state index contributed by atoms with van der Waals surface area (Å²) >= 11 is 0. The van der Waals surface area contributed by atoms with Crippen LogP contribution in [0.4, 0.5) is 5.69 Å². The van der Waals surface area contributed by atoms with E-state index < -0.39 is 6.10 Å². The third-order valence-electron chi connectivity index (χ3n) is 5.61. The molecule has 1 aliphatic heterocycles. The first kappa shape index (κ1) is 16.4. The Bertz CT molecular complexity index is 849. The molecule has 0 radical (unpaired) electrons. The molecule has 25 heavy (non-hydrogen) atoms. The largest absolute Gasteiger partial charge is 0.455 e. The minimum atomic E-state index is -0.563. The number of anilines is 1. The molecule has 0 saturated carbocycles. The highest BCUT2D eigenvalue weighted by molar-refractivity contribution is 6.07. The third kappa shape index (κ3) is 2.51. The minimum Gasteiger partial charge on any atom is -0.455 e. The number of hydrogen-bond donors (Lipinski definition) is 1. The van der Waals surface area contributed by atoms with Crippen molar-refractivity contribution in [1.82, 2.24) is 0 Å². The maximum atomic E-state index is 13.3. The van der Waals surface area contributed by atoms with Gasteiger partial charge >= 0.3 is 0 Å². The lowest BCUT2D eigenvalue weighted by Crippen LogP contribution is -2.35. The van der Waals surface area contributed by atoms with Crippen LogP contribution in [0.2, 0.25) is 0 Å². The summed E-state index contributed by atoms with van der Waals surface area (Å²) in [5.41, 5.74) is 3.75. The smallest absolute Gasteiger partial charge is 0.294 e. The SMILES string of the molecule is Cc1c(C(=O)N2c3ccccc3C[C@@H]2C)oc2c1[C@H](O)CC(C)(C)C2. The molecule has 0 spiro atoms. The molecule has 1 aliphatic carbocycles. The van der Waals surface area contributed by atoms with Gasteiger partial charge in [-0.2, -0.15) is 0 Å². The first-order valence-electron chi connectivity index (χ1n) is 9.00. The van der Waals surface area contributed by atoms with Gasteiger partial charge in [-0.1, -0.05) is 32.0 Å². The predicted molar refractivity (Wildman–Crippen MR) is 96.9 cm³/mol. The molecule has 132 valence electrons. The Morgan fingerprint density at radius 3 is 2.80 bits per heavy atom. The Morgan fingerprint density at radius 2 is 2.04 bits per heavy atom. The van der Waals surface area contributed by atoms with Gasteiger partial charge in [0.05, 0.1) is 6.10 Å². The fraction of sp³-hybridized carbons (Fsp3) is 0.476. The summed E-state index contributed by atoms with van der Waals surface area (Å²) < 4.78 is 6.03. The first-order valence-corrected chi connectivity index (χ1v) is 9.00. The molecular weight excluding hydrogens is 314 g/mol. The standard InChI is InChI=1S/C21H25NO3/c1-12-9-14-7-5-6-8-15(14)22(12)20(24)19-13(2)18-16(23)10-21(3,4)11-17(18)25-19/h5-8,12,16,23H,9-11H2,1-4H3/t12-,16+/m0/s1. The third-order valence-corrected chi connectivity index (χ3v) is 5.61. The molecule has 1 aromatic heterocycles. The number of nitrogens with zero attached hydrogens (tertiary/aromatic N) is 1. The Hall–Kier alpha value is -2.07. The van der Waals surface area contributed by atoms with Crippen molar-refractivity contribution in [3.8, 4) is 0 Å². The topological polar surface area (TPSA) is 53.7 Å². The second-order valence-electron chi connectivity index (χ2n) is 8.31. The van der Waals surface area contributed by atoms with Crippen LogP contribution in [0.3, 0.4) is 0 Å². The van der Waals surface area contributed by atoms with Gasteiger partial charge in [0, 0.05) is 29.3 Å². The summed E-state index contributed by atoms with van der Waals surface area (Å²) in [7, 11) is 0. The van der Waals surface area contributed by atoms with Crippen LogP contribution in [-0.4, -0.2) is 17.1 Å². The Balaban J connectivity index is 1.76. The molecule has 4 rings (SSSR count). The molecule has 1 aromatic carbocycles. The van der Waals surface area contributed by atoms with E-state index in [1.54, 1.807) is 0 Å². The highest BCUT2D eigenvalue weighted by Crippen LogP contribution is 2.44. The number of rotatable bonds is 1. The number of amides is 1. The van der Waals surface area contributed by atoms with E-state index in [1.165, 1.54) is 5.56 Å². The molecule has 1 amide bonds. The molecule has 0 unspecified atom stereocenters. The minimum absolute atomic E-state index is 0.0233. The van der Waals surface area contributed by atoms with Gasteiger partial charge in [-0.3, -0.25) is 4.79 Å². The highest BCUT2D eigenvalue weighted by Gasteiger charge is 2.39. The number of para-hydroxylation sites is 1. The Kier molecular flexibility index (Phi) is 3.58. The lowest BCUT2D eigenvalue weighted by molar-refractivity contribution is 0.0898. The lowest BCUT2D eigenvalue weighted by atomic mass is 9.75. The van der Waals surface area contributed by atoms with Gasteiger partial charge in [-0.15, -0.1) is 0 Å². The van der Waals surface area contributed by atoms with E-state index >= 15 is 0 Å². The second kappa shape index (κ2) is 5.46. The van der Waals surface area contributed by atoms with Crippen LogP contribution >= 0.6 is 0 Å². The second-order valence-corrected chi connectivity index (χ2v) is 8.31. The van der Waals surface area contributed by atoms with Crippen molar-refractivity contribution in [3.63, 3.8) is 0 Å². The molecule has 2 atom stereocenters. The van der Waals surface area contributed by atoms with Crippen LogP contribution < -0.4 is 4.90 Å². The van der Waals surface area contributed by atoms with Crippen molar-refractivity contribution >= 4 is 11.6 Å². The number of furan rings is 1. The zero-order chi connectivity index (χ0) is 17.9. The number of carbonyl (C=O) groups excluding carboxylic acids is 1. The van der Waals surface area contributed by atoms with Crippen LogP contribution in [0.25, 0.3) is 0 Å². The molecule has 0 saturated heterocycles. The van der Waals surface area contributed by atoms with E-state index in [4.69, 9.17) is 4.42 Å². The van der Waals surface area contributed by atoms with E-state index in [-0.39, 0.29) is 17.4 Å². The lowest BCUT2D eigenvalue weighted by Gasteiger charge is -2.31. The molecule has 4 nitrogen and oxygen atoms in total. The van der Waals surface area contributed by atoms with Crippen molar-refractivity contribution in [2.24, 2.45) is 5.41 Å². The van der Waals surface area contributed by atoms with E-state index in [0.717, 1.165) is 35.4 Å². The molecule has 2 heterocycles. The number of hydrogen-bond acceptors (Lipinski definition) is 3. The van der Waals surface area contributed by atoms with Crippen LogP contribution in [0, 0.1) is 12.3 Å². The van der Waals surface area contributed by atoms with Gasteiger partial charge in [0.1, 0.15) is 5.76 Å². The molecular formula is C21H25NO3. The normalized spacial score (nSPS) is 24.1. The van der Waals surface area contributed by atoms with Gasteiger partial charge in [0.2, 0.25) is 0 Å². The van der Waals surface area contributed by atoms with Crippen molar-refractivity contribution in [1.29, 1.82) is 0 Å². The van der Waals surface area contributed by atoms with Crippen LogP contribution in [0.1, 0.15) is 66.3 Å². The van der Waals surface area contributed by atoms with E-state index in [1.807, 2.05) is 30.0 Å². The average Bonchev–Trinajstić information content (AvgIpc) is 3.02. The first-order chi connectivity index (χ1) is 11.8. The van der Waals surface area contributed by atoms with Gasteiger partial charge in [-0.05, 0) is 43.7 Å². The summed E-state index contributed by atoms with van der Waals surface area (Å²) in [5, 5.41) is 10.6. The van der Waals surface area contributed by atoms with E-state index in [9.17, 15) is 9.90 Å². The summed E-state index contributed by atoms with van der Waals surface area (Å²) in [4.78, 5) is 15.1. The number of aliphatic hydroxyl groups is 1. The average molecular weight is 339 g/mol. The zero-order valence-corrected chi connectivity index (χ0v) is 15.3. The quantitative estimate of drug-likeness (QED) is 0.848. The summed E-state index contributed by atoms with van der Waals surface area (Å²) in [6.45, 7) is 8.20. The highest BCUT2D eigenvalue weighted by atomic mass is 16.4. The summed E-state index contributed by atoms with van der Waals surface area (Å²) in [5.74, 6) is 1.05. The van der Waals surface area contributed by atoms with Crippen LogP contribution in [0.15, 0.2) is 28.7 Å². The van der Waals surface area contributed by atoms with Gasteiger partial charge in [0.25, 0.3) is 5.91 Å². The van der Waals surface area contributed by atoms with Crippen molar-refractivity contribution in [2.75, 3.05) is 4.90 Å². The molecule has 4 heteroatoms. The maximum Gasteiger partial charge on any atom is 0.294 e. The number of carbonyl (C=O) groups is 1. The van der Waals surface area contributed by atoms with Crippen molar-refractivity contribution < 1.29 is 14.3 Å². The Labute approximate surface area is 148 Å². The Morgan fingerprint density at radius 1 is 1.32 bits per heavy atom. The van der Waals surface area contributed by atoms with Crippen LogP contribution in [0.5, 0.6) is 0 Å². The van der Waals surface area contributed by atoms with Crippen LogP contribution in [-0.2, 0) is 12.8 Å². The fourth-order valence-electron chi connectivity index (χ4n) is 4.47. The molecule has 0 bridgehead atoms. The zero-order valence-electron chi connectivity index (χ0n) is 15.3.